The number of hydrogen-bond donors (Lipinski definition) is 2. The van der Waals surface area contributed by atoms with Crippen molar-refractivity contribution >= 4 is 38.8 Å². The van der Waals surface area contributed by atoms with Gasteiger partial charge in [-0.25, -0.2) is 13.4 Å². The van der Waals surface area contributed by atoms with Gasteiger partial charge >= 0.3 is 0 Å². The van der Waals surface area contributed by atoms with Crippen LogP contribution in [0.5, 0.6) is 0 Å². The van der Waals surface area contributed by atoms with Gasteiger partial charge in [-0.1, -0.05) is 41.9 Å². The second-order valence-corrected chi connectivity index (χ2v) is 8.00. The zero-order valence-corrected chi connectivity index (χ0v) is 15.5. The van der Waals surface area contributed by atoms with E-state index in [1.807, 2.05) is 42.5 Å². The van der Waals surface area contributed by atoms with Crippen LogP contribution >= 0.6 is 11.6 Å². The van der Waals surface area contributed by atoms with Gasteiger partial charge in [0.1, 0.15) is 5.82 Å². The Morgan fingerprint density at radius 3 is 2.23 bits per heavy atom. The first-order chi connectivity index (χ1) is 12.5. The summed E-state index contributed by atoms with van der Waals surface area (Å²) < 4.78 is 26.9. The molecule has 0 amide bonds. The normalized spacial score (nSPS) is 11.1. The van der Waals surface area contributed by atoms with Gasteiger partial charge in [0.25, 0.3) is 0 Å². The molecule has 3 aromatic rings. The summed E-state index contributed by atoms with van der Waals surface area (Å²) in [4.78, 5) is 4.15. The maximum absolute atomic E-state index is 12.2. The predicted octanol–water partition coefficient (Wildman–Crippen LogP) is 4.46. The van der Waals surface area contributed by atoms with Gasteiger partial charge in [0.2, 0.25) is 10.0 Å². The van der Waals surface area contributed by atoms with Crippen LogP contribution in [0.4, 0.5) is 17.2 Å². The standard InChI is InChI=1S/C19H18ClN3O2S/c20-16-6-8-17(9-7-16)22-18-10-11-19(21-14-18)23-26(24,25)13-12-15-4-2-1-3-5-15/h1-11,14,22H,12-13H2,(H,21,23). The summed E-state index contributed by atoms with van der Waals surface area (Å²) in [6.07, 6.45) is 2.02. The number of hydrogen-bond acceptors (Lipinski definition) is 4. The Labute approximate surface area is 158 Å². The highest BCUT2D eigenvalue weighted by atomic mass is 35.5. The smallest absolute Gasteiger partial charge is 0.234 e. The highest BCUT2D eigenvalue weighted by Gasteiger charge is 2.11. The number of anilines is 3. The summed E-state index contributed by atoms with van der Waals surface area (Å²) in [5.41, 5.74) is 2.60. The third-order valence-electron chi connectivity index (χ3n) is 3.66. The molecule has 0 unspecified atom stereocenters. The topological polar surface area (TPSA) is 71.1 Å². The van der Waals surface area contributed by atoms with E-state index in [0.717, 1.165) is 16.9 Å². The van der Waals surface area contributed by atoms with Crippen LogP contribution in [-0.2, 0) is 16.4 Å². The van der Waals surface area contributed by atoms with E-state index in [2.05, 4.69) is 15.0 Å². The number of nitrogens with zero attached hydrogens (tertiary/aromatic N) is 1. The third-order valence-corrected chi connectivity index (χ3v) is 5.17. The molecule has 3 rings (SSSR count). The van der Waals surface area contributed by atoms with E-state index in [1.54, 1.807) is 30.5 Å². The first-order valence-corrected chi connectivity index (χ1v) is 10.1. The average Bonchev–Trinajstić information content (AvgIpc) is 2.64. The van der Waals surface area contributed by atoms with Crippen molar-refractivity contribution in [3.63, 3.8) is 0 Å². The van der Waals surface area contributed by atoms with E-state index in [-0.39, 0.29) is 5.75 Å². The quantitative estimate of drug-likeness (QED) is 0.627. The van der Waals surface area contributed by atoms with Crippen molar-refractivity contribution in [2.24, 2.45) is 0 Å². The summed E-state index contributed by atoms with van der Waals surface area (Å²) in [5, 5.41) is 3.83. The van der Waals surface area contributed by atoms with Crippen molar-refractivity contribution in [3.8, 4) is 0 Å². The van der Waals surface area contributed by atoms with Gasteiger partial charge in [0.15, 0.2) is 0 Å². The molecule has 2 aromatic carbocycles. The molecule has 0 saturated carbocycles. The minimum Gasteiger partial charge on any atom is -0.354 e. The van der Waals surface area contributed by atoms with Gasteiger partial charge in [0.05, 0.1) is 17.6 Å². The van der Waals surface area contributed by atoms with E-state index in [4.69, 9.17) is 11.6 Å². The minimum atomic E-state index is -3.46. The molecule has 0 aliphatic rings. The van der Waals surface area contributed by atoms with E-state index in [1.165, 1.54) is 0 Å². The Morgan fingerprint density at radius 1 is 0.885 bits per heavy atom. The molecular formula is C19H18ClN3O2S. The van der Waals surface area contributed by atoms with Crippen molar-refractivity contribution in [1.82, 2.24) is 4.98 Å². The highest BCUT2D eigenvalue weighted by molar-refractivity contribution is 7.92. The molecule has 0 aliphatic heterocycles. The summed E-state index contributed by atoms with van der Waals surface area (Å²) in [6.45, 7) is 0. The number of pyridine rings is 1. The maximum Gasteiger partial charge on any atom is 0.234 e. The van der Waals surface area contributed by atoms with Crippen LogP contribution in [0, 0.1) is 0 Å². The van der Waals surface area contributed by atoms with Crippen molar-refractivity contribution in [1.29, 1.82) is 0 Å². The molecule has 0 atom stereocenters. The van der Waals surface area contributed by atoms with Gasteiger partial charge in [-0.3, -0.25) is 4.72 Å². The minimum absolute atomic E-state index is 0.00344. The molecule has 1 heterocycles. The largest absolute Gasteiger partial charge is 0.354 e. The Morgan fingerprint density at radius 2 is 1.58 bits per heavy atom. The SMILES string of the molecule is O=S(=O)(CCc1ccccc1)Nc1ccc(Nc2ccc(Cl)cc2)cn1. The molecule has 5 nitrogen and oxygen atoms in total. The molecule has 0 aliphatic carbocycles. The first kappa shape index (κ1) is 18.2. The van der Waals surface area contributed by atoms with Gasteiger partial charge < -0.3 is 5.32 Å². The summed E-state index contributed by atoms with van der Waals surface area (Å²) in [6, 6.07) is 20.2. The van der Waals surface area contributed by atoms with Gasteiger partial charge in [0, 0.05) is 10.7 Å². The first-order valence-electron chi connectivity index (χ1n) is 8.03. The van der Waals surface area contributed by atoms with Crippen molar-refractivity contribution < 1.29 is 8.42 Å². The fourth-order valence-corrected chi connectivity index (χ4v) is 3.51. The lowest BCUT2D eigenvalue weighted by atomic mass is 10.2. The molecule has 0 bridgehead atoms. The Bertz CT molecular complexity index is 944. The Kier molecular flexibility index (Phi) is 5.75. The van der Waals surface area contributed by atoms with Crippen molar-refractivity contribution in [2.75, 3.05) is 15.8 Å². The lowest BCUT2D eigenvalue weighted by Crippen LogP contribution is -2.18. The molecule has 2 N–H and O–H groups in total. The van der Waals surface area contributed by atoms with Crippen LogP contribution < -0.4 is 10.0 Å². The number of sulfonamides is 1. The summed E-state index contributed by atoms with van der Waals surface area (Å²) >= 11 is 5.86. The summed E-state index contributed by atoms with van der Waals surface area (Å²) in [7, 11) is -3.46. The van der Waals surface area contributed by atoms with Crippen LogP contribution in [0.25, 0.3) is 0 Å². The molecule has 0 saturated heterocycles. The lowest BCUT2D eigenvalue weighted by molar-refractivity contribution is 0.600. The molecule has 26 heavy (non-hydrogen) atoms. The molecular weight excluding hydrogens is 370 g/mol. The monoisotopic (exact) mass is 387 g/mol. The van der Waals surface area contributed by atoms with Crippen LogP contribution in [-0.4, -0.2) is 19.2 Å². The number of rotatable bonds is 7. The lowest BCUT2D eigenvalue weighted by Gasteiger charge is -2.09. The average molecular weight is 388 g/mol. The molecule has 0 spiro atoms. The maximum atomic E-state index is 12.2. The fourth-order valence-electron chi connectivity index (χ4n) is 2.34. The molecule has 134 valence electrons. The van der Waals surface area contributed by atoms with Crippen molar-refractivity contribution in [3.05, 3.63) is 83.5 Å². The number of nitrogens with one attached hydrogen (secondary N) is 2. The molecule has 0 radical (unpaired) electrons. The zero-order valence-electron chi connectivity index (χ0n) is 13.9. The molecule has 7 heteroatoms. The molecule has 1 aromatic heterocycles. The van der Waals surface area contributed by atoms with Crippen LogP contribution in [0.1, 0.15) is 5.56 Å². The zero-order chi connectivity index (χ0) is 18.4. The van der Waals surface area contributed by atoms with E-state index < -0.39 is 10.0 Å². The summed E-state index contributed by atoms with van der Waals surface area (Å²) in [5.74, 6) is 0.295. The predicted molar refractivity (Wildman–Crippen MR) is 107 cm³/mol. The third kappa shape index (κ3) is 5.47. The van der Waals surface area contributed by atoms with Crippen molar-refractivity contribution in [2.45, 2.75) is 6.42 Å². The van der Waals surface area contributed by atoms with E-state index in [0.29, 0.717) is 17.3 Å². The van der Waals surface area contributed by atoms with Gasteiger partial charge in [-0.2, -0.15) is 0 Å². The number of aromatic nitrogens is 1. The van der Waals surface area contributed by atoms with Crippen LogP contribution in [0.2, 0.25) is 5.02 Å². The van der Waals surface area contributed by atoms with Crippen LogP contribution in [0.15, 0.2) is 72.9 Å². The fraction of sp³-hybridized carbons (Fsp3) is 0.105. The van der Waals surface area contributed by atoms with Gasteiger partial charge in [-0.05, 0) is 48.4 Å². The Hall–Kier alpha value is -2.57. The molecule has 0 fully saturated rings. The van der Waals surface area contributed by atoms with Crippen LogP contribution in [0.3, 0.4) is 0 Å². The number of halogens is 1. The van der Waals surface area contributed by atoms with E-state index >= 15 is 0 Å². The number of aryl methyl sites for hydroxylation is 1. The highest BCUT2D eigenvalue weighted by Crippen LogP contribution is 2.19. The Balaban J connectivity index is 1.58. The van der Waals surface area contributed by atoms with E-state index in [9.17, 15) is 8.42 Å². The second kappa shape index (κ2) is 8.21. The second-order valence-electron chi connectivity index (χ2n) is 5.72. The number of benzene rings is 2. The van der Waals surface area contributed by atoms with Gasteiger partial charge in [-0.15, -0.1) is 0 Å².